The normalized spacial score (nSPS) is 12.9. The van der Waals surface area contributed by atoms with Gasteiger partial charge in [-0.25, -0.2) is 0 Å². The number of benzene rings is 3. The Bertz CT molecular complexity index is 1630. The van der Waals surface area contributed by atoms with E-state index in [9.17, 15) is 25.0 Å². The van der Waals surface area contributed by atoms with Gasteiger partial charge in [0, 0.05) is 12.1 Å². The number of aromatic nitrogens is 1. The summed E-state index contributed by atoms with van der Waals surface area (Å²) in [5.74, 6) is -0.596. The summed E-state index contributed by atoms with van der Waals surface area (Å²) in [7, 11) is 0. The first-order valence-electron chi connectivity index (χ1n) is 10.9. The first kappa shape index (κ1) is 24.3. The van der Waals surface area contributed by atoms with Crippen molar-refractivity contribution >= 4 is 34.6 Å². The van der Waals surface area contributed by atoms with Crippen LogP contribution < -0.4 is 20.1 Å². The van der Waals surface area contributed by atoms with Crippen molar-refractivity contribution in [3.05, 3.63) is 126 Å². The third-order valence-corrected chi connectivity index (χ3v) is 6.53. The van der Waals surface area contributed by atoms with Gasteiger partial charge in [0.25, 0.3) is 17.2 Å². The maximum absolute atomic E-state index is 13.4. The zero-order valence-electron chi connectivity index (χ0n) is 19.1. The van der Waals surface area contributed by atoms with Crippen LogP contribution in [0.5, 0.6) is 0 Å². The van der Waals surface area contributed by atoms with Crippen molar-refractivity contribution in [1.29, 1.82) is 5.26 Å². The minimum Gasteiger partial charge on any atom is -0.345 e. The molecule has 36 heavy (non-hydrogen) atoms. The Labute approximate surface area is 209 Å². The van der Waals surface area contributed by atoms with E-state index in [1.165, 1.54) is 28.8 Å². The molecule has 0 aliphatic heterocycles. The van der Waals surface area contributed by atoms with E-state index in [4.69, 9.17) is 0 Å². The molecule has 0 bridgehead atoms. The van der Waals surface area contributed by atoms with E-state index in [0.717, 1.165) is 16.9 Å². The third-order valence-electron chi connectivity index (χ3n) is 5.44. The van der Waals surface area contributed by atoms with Crippen molar-refractivity contribution < 1.29 is 9.72 Å². The molecule has 1 heterocycles. The lowest BCUT2D eigenvalue weighted by atomic mass is 10.1. The minimum atomic E-state index is -0.596. The summed E-state index contributed by atoms with van der Waals surface area (Å²) in [6.45, 7) is 1.81. The molecule has 8 nitrogen and oxygen atoms in total. The topological polar surface area (TPSA) is 118 Å². The van der Waals surface area contributed by atoms with Gasteiger partial charge in [-0.2, -0.15) is 5.26 Å². The number of para-hydroxylation sites is 1. The lowest BCUT2D eigenvalue weighted by Crippen LogP contribution is -2.34. The van der Waals surface area contributed by atoms with E-state index in [2.05, 4.69) is 5.32 Å². The van der Waals surface area contributed by atoms with Gasteiger partial charge >= 0.3 is 0 Å². The number of nitrogens with one attached hydrogen (secondary N) is 1. The quantitative estimate of drug-likeness (QED) is 0.325. The second-order valence-electron chi connectivity index (χ2n) is 7.83. The lowest BCUT2D eigenvalue weighted by molar-refractivity contribution is -0.384. The second-order valence-corrected chi connectivity index (χ2v) is 8.86. The Balaban J connectivity index is 1.87. The van der Waals surface area contributed by atoms with Crippen molar-refractivity contribution in [2.45, 2.75) is 13.0 Å². The highest BCUT2D eigenvalue weighted by Gasteiger charge is 2.19. The molecule has 0 aliphatic carbocycles. The Morgan fingerprint density at radius 3 is 2.25 bits per heavy atom. The summed E-state index contributed by atoms with van der Waals surface area (Å²) < 4.78 is 1.81. The van der Waals surface area contributed by atoms with Gasteiger partial charge in [-0.05, 0) is 48.4 Å². The SMILES string of the molecule is C[C@@H](NC(=O)/C(C#N)=c1\s/c(=C/c2ccc([N+](=O)[O-])cc2)c(=O)n1-c1ccccc1)c1ccccc1. The molecule has 0 aliphatic rings. The van der Waals surface area contributed by atoms with Crippen LogP contribution >= 0.6 is 11.3 Å². The summed E-state index contributed by atoms with van der Waals surface area (Å²) in [6.07, 6.45) is 1.58. The molecule has 0 saturated carbocycles. The number of carbonyl (C=O) groups is 1. The molecular weight excluding hydrogens is 476 g/mol. The van der Waals surface area contributed by atoms with Crippen LogP contribution in [0.4, 0.5) is 5.69 Å². The highest BCUT2D eigenvalue weighted by molar-refractivity contribution is 7.07. The van der Waals surface area contributed by atoms with Gasteiger partial charge < -0.3 is 5.32 Å². The van der Waals surface area contributed by atoms with E-state index in [1.54, 1.807) is 36.4 Å². The first-order valence-corrected chi connectivity index (χ1v) is 11.7. The summed E-state index contributed by atoms with van der Waals surface area (Å²) in [5.41, 5.74) is 1.30. The fourth-order valence-corrected chi connectivity index (χ4v) is 4.70. The van der Waals surface area contributed by atoms with Gasteiger partial charge in [-0.15, -0.1) is 11.3 Å². The molecule has 0 radical (unpaired) electrons. The molecule has 3 aromatic carbocycles. The van der Waals surface area contributed by atoms with E-state index in [1.807, 2.05) is 43.3 Å². The van der Waals surface area contributed by atoms with Gasteiger partial charge in [-0.1, -0.05) is 48.5 Å². The smallest absolute Gasteiger partial charge is 0.273 e. The van der Waals surface area contributed by atoms with E-state index in [0.29, 0.717) is 11.3 Å². The Morgan fingerprint density at radius 1 is 1.06 bits per heavy atom. The predicted octanol–water partition coefficient (Wildman–Crippen LogP) is 3.19. The molecule has 0 saturated heterocycles. The van der Waals surface area contributed by atoms with Gasteiger partial charge in [0.05, 0.1) is 21.2 Å². The van der Waals surface area contributed by atoms with Crippen LogP contribution in [0.2, 0.25) is 0 Å². The summed E-state index contributed by atoms with van der Waals surface area (Å²) >= 11 is 1.01. The number of hydrogen-bond acceptors (Lipinski definition) is 6. The molecule has 4 aromatic rings. The van der Waals surface area contributed by atoms with Crippen LogP contribution in [0, 0.1) is 21.4 Å². The number of amides is 1. The highest BCUT2D eigenvalue weighted by atomic mass is 32.1. The Morgan fingerprint density at radius 2 is 1.67 bits per heavy atom. The maximum atomic E-state index is 13.4. The highest BCUT2D eigenvalue weighted by Crippen LogP contribution is 2.13. The number of nitro benzene ring substituents is 1. The van der Waals surface area contributed by atoms with Gasteiger partial charge in [0.1, 0.15) is 10.7 Å². The van der Waals surface area contributed by atoms with Crippen LogP contribution in [0.15, 0.2) is 89.7 Å². The monoisotopic (exact) mass is 496 g/mol. The molecule has 178 valence electrons. The van der Waals surface area contributed by atoms with E-state index >= 15 is 0 Å². The Hall–Kier alpha value is -4.81. The number of rotatable bonds is 6. The molecule has 1 atom stereocenters. The van der Waals surface area contributed by atoms with Crippen molar-refractivity contribution in [2.75, 3.05) is 0 Å². The van der Waals surface area contributed by atoms with Gasteiger partial charge in [0.15, 0.2) is 5.57 Å². The fourth-order valence-electron chi connectivity index (χ4n) is 3.59. The van der Waals surface area contributed by atoms with Crippen molar-refractivity contribution in [3.63, 3.8) is 0 Å². The van der Waals surface area contributed by atoms with Crippen molar-refractivity contribution in [1.82, 2.24) is 9.88 Å². The average molecular weight is 497 g/mol. The summed E-state index contributed by atoms with van der Waals surface area (Å²) in [4.78, 5) is 37.0. The summed E-state index contributed by atoms with van der Waals surface area (Å²) in [6, 6.07) is 25.5. The third kappa shape index (κ3) is 5.14. The fraction of sp³-hybridized carbons (Fsp3) is 0.0741. The maximum Gasteiger partial charge on any atom is 0.273 e. The number of nitriles is 1. The summed E-state index contributed by atoms with van der Waals surface area (Å²) in [5, 5.41) is 23.7. The van der Waals surface area contributed by atoms with E-state index in [-0.39, 0.29) is 26.5 Å². The van der Waals surface area contributed by atoms with Crippen LogP contribution in [0.1, 0.15) is 24.1 Å². The predicted molar refractivity (Wildman–Crippen MR) is 138 cm³/mol. The second kappa shape index (κ2) is 10.6. The van der Waals surface area contributed by atoms with Gasteiger partial charge in [-0.3, -0.25) is 24.3 Å². The zero-order chi connectivity index (χ0) is 25.7. The molecule has 9 heteroatoms. The largest absolute Gasteiger partial charge is 0.345 e. The molecule has 0 unspecified atom stereocenters. The number of hydrogen-bond donors (Lipinski definition) is 1. The first-order chi connectivity index (χ1) is 17.4. The molecule has 0 fully saturated rings. The number of nitrogens with zero attached hydrogens (tertiary/aromatic N) is 3. The standard InChI is InChI=1S/C27H20N4O4S/c1-18(20-8-4-2-5-9-20)29-25(32)23(17-28)27-30(21-10-6-3-7-11-21)26(33)24(36-27)16-19-12-14-22(15-13-19)31(34)35/h2-16,18H,1H3,(H,29,32)/b24-16+,27-23-/t18-/m1/s1. The van der Waals surface area contributed by atoms with Crippen LogP contribution in [-0.4, -0.2) is 15.4 Å². The number of thiazole rings is 1. The van der Waals surface area contributed by atoms with Crippen LogP contribution in [0.25, 0.3) is 17.3 Å². The molecule has 1 N–H and O–H groups in total. The zero-order valence-corrected chi connectivity index (χ0v) is 19.9. The molecule has 4 rings (SSSR count). The minimum absolute atomic E-state index is 0.0648. The van der Waals surface area contributed by atoms with Crippen molar-refractivity contribution in [2.24, 2.45) is 0 Å². The van der Waals surface area contributed by atoms with Crippen LogP contribution in [-0.2, 0) is 4.79 Å². The molecular formula is C27H20N4O4S. The number of carbonyl (C=O) groups excluding carboxylic acids is 1. The van der Waals surface area contributed by atoms with Crippen LogP contribution in [0.3, 0.4) is 0 Å². The number of non-ortho nitro benzene ring substituents is 1. The number of nitro groups is 1. The molecule has 0 spiro atoms. The lowest BCUT2D eigenvalue weighted by Gasteiger charge is -2.13. The molecule has 1 aromatic heterocycles. The average Bonchev–Trinajstić information content (AvgIpc) is 3.21. The molecule has 1 amide bonds. The van der Waals surface area contributed by atoms with E-state index < -0.39 is 16.4 Å². The van der Waals surface area contributed by atoms with Gasteiger partial charge in [0.2, 0.25) is 0 Å². The van der Waals surface area contributed by atoms with Crippen molar-refractivity contribution in [3.8, 4) is 11.8 Å². The Kier molecular flexibility index (Phi) is 7.18.